The molecule has 1 aliphatic rings. The van der Waals surface area contributed by atoms with E-state index in [0.29, 0.717) is 5.92 Å². The number of benzene rings is 1. The van der Waals surface area contributed by atoms with Crippen LogP contribution in [0, 0.1) is 5.92 Å². The molecular weight excluding hydrogens is 224 g/mol. The van der Waals surface area contributed by atoms with Crippen LogP contribution in [0.4, 0.5) is 0 Å². The lowest BCUT2D eigenvalue weighted by Crippen LogP contribution is -2.38. The van der Waals surface area contributed by atoms with E-state index in [2.05, 4.69) is 0 Å². The van der Waals surface area contributed by atoms with Gasteiger partial charge >= 0.3 is 0 Å². The first-order valence-corrected chi connectivity index (χ1v) is 6.74. The molecule has 3 heteroatoms. The Bertz CT molecular complexity index is 385. The molecule has 1 fully saturated rings. The lowest BCUT2D eigenvalue weighted by molar-refractivity contribution is -0.132. The van der Waals surface area contributed by atoms with Gasteiger partial charge in [-0.3, -0.25) is 4.79 Å². The minimum atomic E-state index is -0.530. The van der Waals surface area contributed by atoms with Gasteiger partial charge in [-0.15, -0.1) is 0 Å². The Kier molecular flexibility index (Phi) is 4.37. The summed E-state index contributed by atoms with van der Waals surface area (Å²) in [5.74, 6) is 0.690. The number of rotatable bonds is 4. The maximum absolute atomic E-state index is 12.2. The molecule has 0 aliphatic heterocycles. The molecule has 98 valence electrons. The summed E-state index contributed by atoms with van der Waals surface area (Å²) < 4.78 is 0. The van der Waals surface area contributed by atoms with Gasteiger partial charge in [0.05, 0.1) is 0 Å². The standard InChI is InChI=1S/C15H22N2O/c1-17(11-12-7-5-6-8-12)15(18)14(16)13-9-3-2-4-10-13/h2-4,9-10,12,14H,5-8,11,16H2,1H3. The zero-order chi connectivity index (χ0) is 13.0. The van der Waals surface area contributed by atoms with Gasteiger partial charge in [0.15, 0.2) is 0 Å². The van der Waals surface area contributed by atoms with E-state index < -0.39 is 6.04 Å². The number of hydrogen-bond acceptors (Lipinski definition) is 2. The van der Waals surface area contributed by atoms with Crippen molar-refractivity contribution < 1.29 is 4.79 Å². The second kappa shape index (κ2) is 6.01. The van der Waals surface area contributed by atoms with Crippen LogP contribution in [0.1, 0.15) is 37.3 Å². The van der Waals surface area contributed by atoms with Crippen molar-refractivity contribution in [1.82, 2.24) is 4.90 Å². The first-order valence-electron chi connectivity index (χ1n) is 6.74. The van der Waals surface area contributed by atoms with Crippen molar-refractivity contribution in [3.63, 3.8) is 0 Å². The van der Waals surface area contributed by atoms with Crippen molar-refractivity contribution in [3.8, 4) is 0 Å². The number of amides is 1. The fraction of sp³-hybridized carbons (Fsp3) is 0.533. The van der Waals surface area contributed by atoms with Crippen molar-refractivity contribution in [1.29, 1.82) is 0 Å². The predicted molar refractivity (Wildman–Crippen MR) is 73.0 cm³/mol. The highest BCUT2D eigenvalue weighted by atomic mass is 16.2. The summed E-state index contributed by atoms with van der Waals surface area (Å²) in [4.78, 5) is 14.0. The molecule has 2 rings (SSSR count). The second-order valence-electron chi connectivity index (χ2n) is 5.26. The summed E-state index contributed by atoms with van der Waals surface area (Å²) in [5.41, 5.74) is 6.91. The van der Waals surface area contributed by atoms with E-state index in [1.54, 1.807) is 4.90 Å². The lowest BCUT2D eigenvalue weighted by atomic mass is 10.0. The van der Waals surface area contributed by atoms with Gasteiger partial charge in [-0.25, -0.2) is 0 Å². The molecule has 18 heavy (non-hydrogen) atoms. The third-order valence-electron chi connectivity index (χ3n) is 3.81. The minimum Gasteiger partial charge on any atom is -0.344 e. The normalized spacial score (nSPS) is 17.7. The molecule has 1 aromatic carbocycles. The lowest BCUT2D eigenvalue weighted by Gasteiger charge is -2.24. The monoisotopic (exact) mass is 246 g/mol. The number of carbonyl (C=O) groups excluding carboxylic acids is 1. The Balaban J connectivity index is 1.93. The van der Waals surface area contributed by atoms with E-state index in [1.165, 1.54) is 25.7 Å². The molecule has 1 saturated carbocycles. The SMILES string of the molecule is CN(CC1CCCC1)C(=O)C(N)c1ccccc1. The highest BCUT2D eigenvalue weighted by molar-refractivity contribution is 5.82. The van der Waals surface area contributed by atoms with E-state index in [1.807, 2.05) is 37.4 Å². The highest BCUT2D eigenvalue weighted by Gasteiger charge is 2.23. The smallest absolute Gasteiger partial charge is 0.243 e. The molecule has 0 bridgehead atoms. The van der Waals surface area contributed by atoms with E-state index in [9.17, 15) is 4.79 Å². The van der Waals surface area contributed by atoms with Crippen LogP contribution in [-0.4, -0.2) is 24.4 Å². The van der Waals surface area contributed by atoms with Crippen molar-refractivity contribution in [3.05, 3.63) is 35.9 Å². The Labute approximate surface area is 109 Å². The van der Waals surface area contributed by atoms with Crippen LogP contribution in [0.3, 0.4) is 0 Å². The van der Waals surface area contributed by atoms with Crippen molar-refractivity contribution in [2.24, 2.45) is 11.7 Å². The van der Waals surface area contributed by atoms with Gasteiger partial charge in [0.25, 0.3) is 0 Å². The summed E-state index contributed by atoms with van der Waals surface area (Å²) >= 11 is 0. The Morgan fingerprint density at radius 3 is 2.56 bits per heavy atom. The molecule has 1 aromatic rings. The average Bonchev–Trinajstić information content (AvgIpc) is 2.91. The zero-order valence-corrected chi connectivity index (χ0v) is 11.0. The zero-order valence-electron chi connectivity index (χ0n) is 11.0. The molecule has 1 amide bonds. The fourth-order valence-electron chi connectivity index (χ4n) is 2.71. The number of carbonyl (C=O) groups is 1. The van der Waals surface area contributed by atoms with Crippen LogP contribution in [0.5, 0.6) is 0 Å². The van der Waals surface area contributed by atoms with E-state index >= 15 is 0 Å². The predicted octanol–water partition coefficient (Wildman–Crippen LogP) is 2.33. The maximum Gasteiger partial charge on any atom is 0.243 e. The Morgan fingerprint density at radius 1 is 1.33 bits per heavy atom. The quantitative estimate of drug-likeness (QED) is 0.886. The maximum atomic E-state index is 12.2. The molecule has 1 aliphatic carbocycles. The van der Waals surface area contributed by atoms with Crippen LogP contribution in [0.25, 0.3) is 0 Å². The number of hydrogen-bond donors (Lipinski definition) is 1. The third-order valence-corrected chi connectivity index (χ3v) is 3.81. The van der Waals surface area contributed by atoms with Gasteiger partial charge in [0.2, 0.25) is 5.91 Å². The summed E-state index contributed by atoms with van der Waals surface area (Å²) in [5, 5.41) is 0. The first kappa shape index (κ1) is 13.1. The number of nitrogens with zero attached hydrogens (tertiary/aromatic N) is 1. The molecule has 2 N–H and O–H groups in total. The largest absolute Gasteiger partial charge is 0.344 e. The molecule has 0 aromatic heterocycles. The van der Waals surface area contributed by atoms with Gasteiger partial charge in [0, 0.05) is 13.6 Å². The molecule has 3 nitrogen and oxygen atoms in total. The van der Waals surface area contributed by atoms with E-state index in [0.717, 1.165) is 12.1 Å². The van der Waals surface area contributed by atoms with Gasteiger partial charge < -0.3 is 10.6 Å². The summed E-state index contributed by atoms with van der Waals surface area (Å²) in [7, 11) is 1.86. The van der Waals surface area contributed by atoms with Crippen LogP contribution in [0.15, 0.2) is 30.3 Å². The Hall–Kier alpha value is -1.35. The summed E-state index contributed by atoms with van der Waals surface area (Å²) in [6.45, 7) is 0.847. The van der Waals surface area contributed by atoms with Crippen LogP contribution < -0.4 is 5.73 Å². The topological polar surface area (TPSA) is 46.3 Å². The minimum absolute atomic E-state index is 0.0214. The molecule has 0 spiro atoms. The number of likely N-dealkylation sites (N-methyl/N-ethyl adjacent to an activating group) is 1. The van der Waals surface area contributed by atoms with Crippen LogP contribution >= 0.6 is 0 Å². The van der Waals surface area contributed by atoms with Crippen molar-refractivity contribution in [2.45, 2.75) is 31.7 Å². The van der Waals surface area contributed by atoms with Gasteiger partial charge in [-0.2, -0.15) is 0 Å². The van der Waals surface area contributed by atoms with Crippen molar-refractivity contribution in [2.75, 3.05) is 13.6 Å². The van der Waals surface area contributed by atoms with E-state index in [4.69, 9.17) is 5.73 Å². The molecule has 0 saturated heterocycles. The molecule has 1 unspecified atom stereocenters. The summed E-state index contributed by atoms with van der Waals surface area (Å²) in [6, 6.07) is 9.05. The Morgan fingerprint density at radius 2 is 1.94 bits per heavy atom. The van der Waals surface area contributed by atoms with Gasteiger partial charge in [0.1, 0.15) is 6.04 Å². The average molecular weight is 246 g/mol. The second-order valence-corrected chi connectivity index (χ2v) is 5.26. The highest BCUT2D eigenvalue weighted by Crippen LogP contribution is 2.25. The number of nitrogens with two attached hydrogens (primary N) is 1. The molecular formula is C15H22N2O. The van der Waals surface area contributed by atoms with Gasteiger partial charge in [-0.1, -0.05) is 43.2 Å². The van der Waals surface area contributed by atoms with E-state index in [-0.39, 0.29) is 5.91 Å². The fourth-order valence-corrected chi connectivity index (χ4v) is 2.71. The van der Waals surface area contributed by atoms with Crippen LogP contribution in [0.2, 0.25) is 0 Å². The summed E-state index contributed by atoms with van der Waals surface area (Å²) in [6.07, 6.45) is 5.10. The third kappa shape index (κ3) is 3.10. The first-order chi connectivity index (χ1) is 8.68. The molecule has 0 radical (unpaired) electrons. The van der Waals surface area contributed by atoms with Gasteiger partial charge in [-0.05, 0) is 24.3 Å². The molecule has 1 atom stereocenters. The van der Waals surface area contributed by atoms with Crippen LogP contribution in [-0.2, 0) is 4.79 Å². The van der Waals surface area contributed by atoms with Crippen molar-refractivity contribution >= 4 is 5.91 Å². The molecule has 0 heterocycles.